The van der Waals surface area contributed by atoms with Crippen molar-refractivity contribution in [3.63, 3.8) is 0 Å². The van der Waals surface area contributed by atoms with Gasteiger partial charge in [0.2, 0.25) is 17.7 Å². The van der Waals surface area contributed by atoms with Gasteiger partial charge in [-0.2, -0.15) is 0 Å². The van der Waals surface area contributed by atoms with Gasteiger partial charge in [-0.3, -0.25) is 19.3 Å². The molecule has 0 N–H and O–H groups in total. The van der Waals surface area contributed by atoms with Crippen LogP contribution in [0.4, 0.5) is 0 Å². The summed E-state index contributed by atoms with van der Waals surface area (Å²) < 4.78 is 11.2. The van der Waals surface area contributed by atoms with Gasteiger partial charge in [0.15, 0.2) is 6.29 Å². The molecule has 0 bridgehead atoms. The van der Waals surface area contributed by atoms with Crippen molar-refractivity contribution in [3.8, 4) is 0 Å². The Morgan fingerprint density at radius 2 is 1.54 bits per heavy atom. The van der Waals surface area contributed by atoms with E-state index >= 15 is 0 Å². The number of amides is 3. The first-order valence-corrected chi connectivity index (χ1v) is 10.0. The molecule has 0 aromatic heterocycles. The standard InChI is InChI=1S/C19H28N2O5/c22-16(20-9-4-3-7-15(20)19-25-11-12-26-19)8-10-21-17(23)13-5-1-2-6-14(13)18(21)24/h13-15,19H,1-12H2/t13-,14+,15-/m0/s1. The number of carbonyl (C=O) groups is 3. The number of imide groups is 1. The third-order valence-electron chi connectivity index (χ3n) is 6.31. The fourth-order valence-corrected chi connectivity index (χ4v) is 4.95. The minimum Gasteiger partial charge on any atom is -0.348 e. The lowest BCUT2D eigenvalue weighted by atomic mass is 9.81. The summed E-state index contributed by atoms with van der Waals surface area (Å²) >= 11 is 0. The van der Waals surface area contributed by atoms with E-state index in [9.17, 15) is 14.4 Å². The van der Waals surface area contributed by atoms with Gasteiger partial charge in [-0.1, -0.05) is 12.8 Å². The number of carbonyl (C=O) groups excluding carboxylic acids is 3. The number of likely N-dealkylation sites (tertiary alicyclic amines) is 2. The predicted molar refractivity (Wildman–Crippen MR) is 91.8 cm³/mol. The molecule has 1 aliphatic carbocycles. The Hall–Kier alpha value is -1.47. The van der Waals surface area contributed by atoms with Crippen LogP contribution < -0.4 is 0 Å². The normalized spacial score (nSPS) is 33.0. The second kappa shape index (κ2) is 7.64. The topological polar surface area (TPSA) is 76.2 Å². The second-order valence-electron chi connectivity index (χ2n) is 7.84. The Bertz CT molecular complexity index is 550. The zero-order chi connectivity index (χ0) is 18.1. The SMILES string of the molecule is O=C1[C@H]2CCCC[C@H]2C(=O)N1CCC(=O)N1CCCC[C@H]1C1OCCO1. The van der Waals surface area contributed by atoms with Crippen LogP contribution in [-0.4, -0.2) is 66.2 Å². The van der Waals surface area contributed by atoms with Crippen LogP contribution in [0.15, 0.2) is 0 Å². The summed E-state index contributed by atoms with van der Waals surface area (Å²) in [6.07, 6.45) is 6.42. The summed E-state index contributed by atoms with van der Waals surface area (Å²) in [4.78, 5) is 41.1. The van der Waals surface area contributed by atoms with Gasteiger partial charge in [-0.25, -0.2) is 0 Å². The molecule has 4 fully saturated rings. The number of hydrogen-bond donors (Lipinski definition) is 0. The third kappa shape index (κ3) is 3.27. The molecular formula is C19H28N2O5. The lowest BCUT2D eigenvalue weighted by molar-refractivity contribution is -0.151. The summed E-state index contributed by atoms with van der Waals surface area (Å²) in [7, 11) is 0. The summed E-state index contributed by atoms with van der Waals surface area (Å²) in [5.74, 6) is -0.427. The molecule has 4 aliphatic rings. The van der Waals surface area contributed by atoms with Gasteiger partial charge in [0.1, 0.15) is 0 Å². The highest BCUT2D eigenvalue weighted by Gasteiger charge is 2.48. The quantitative estimate of drug-likeness (QED) is 0.703. The molecule has 0 aromatic rings. The monoisotopic (exact) mass is 364 g/mol. The van der Waals surface area contributed by atoms with Crippen molar-refractivity contribution in [3.05, 3.63) is 0 Å². The van der Waals surface area contributed by atoms with Crippen molar-refractivity contribution in [1.82, 2.24) is 9.80 Å². The molecule has 0 aromatic carbocycles. The van der Waals surface area contributed by atoms with Gasteiger partial charge in [0, 0.05) is 19.5 Å². The number of fused-ring (bicyclic) bond motifs is 1. The third-order valence-corrected chi connectivity index (χ3v) is 6.31. The molecule has 3 heterocycles. The zero-order valence-corrected chi connectivity index (χ0v) is 15.2. The zero-order valence-electron chi connectivity index (χ0n) is 15.2. The summed E-state index contributed by atoms with van der Waals surface area (Å²) in [5, 5.41) is 0. The molecule has 7 nitrogen and oxygen atoms in total. The van der Waals surface area contributed by atoms with E-state index in [1.54, 1.807) is 0 Å². The maximum Gasteiger partial charge on any atom is 0.233 e. The maximum absolute atomic E-state index is 12.8. The van der Waals surface area contributed by atoms with Gasteiger partial charge in [0.25, 0.3) is 0 Å². The average Bonchev–Trinajstić information content (AvgIpc) is 3.29. The van der Waals surface area contributed by atoms with E-state index in [0.29, 0.717) is 19.8 Å². The highest BCUT2D eigenvalue weighted by Crippen LogP contribution is 2.38. The predicted octanol–water partition coefficient (Wildman–Crippen LogP) is 1.31. The lowest BCUT2D eigenvalue weighted by Gasteiger charge is -2.38. The molecule has 3 saturated heterocycles. The van der Waals surface area contributed by atoms with Gasteiger partial charge in [-0.05, 0) is 32.1 Å². The van der Waals surface area contributed by atoms with Crippen LogP contribution in [0.25, 0.3) is 0 Å². The number of piperidine rings is 1. The number of nitrogens with zero attached hydrogens (tertiary/aromatic N) is 2. The van der Waals surface area contributed by atoms with Crippen molar-refractivity contribution < 1.29 is 23.9 Å². The fraction of sp³-hybridized carbons (Fsp3) is 0.842. The van der Waals surface area contributed by atoms with E-state index in [-0.39, 0.29) is 54.9 Å². The first kappa shape index (κ1) is 17.9. The van der Waals surface area contributed by atoms with E-state index in [1.807, 2.05) is 4.90 Å². The number of rotatable bonds is 4. The Balaban J connectivity index is 1.36. The van der Waals surface area contributed by atoms with Crippen molar-refractivity contribution in [2.75, 3.05) is 26.3 Å². The summed E-state index contributed by atoms with van der Waals surface area (Å²) in [6.45, 7) is 2.05. The van der Waals surface area contributed by atoms with Crippen molar-refractivity contribution >= 4 is 17.7 Å². The van der Waals surface area contributed by atoms with Crippen LogP contribution in [0.3, 0.4) is 0 Å². The largest absolute Gasteiger partial charge is 0.348 e. The number of hydrogen-bond acceptors (Lipinski definition) is 5. The van der Waals surface area contributed by atoms with Crippen LogP contribution in [0.2, 0.25) is 0 Å². The van der Waals surface area contributed by atoms with E-state index in [0.717, 1.165) is 44.9 Å². The molecular weight excluding hydrogens is 336 g/mol. The van der Waals surface area contributed by atoms with E-state index < -0.39 is 0 Å². The van der Waals surface area contributed by atoms with Gasteiger partial charge in [-0.15, -0.1) is 0 Å². The molecule has 144 valence electrons. The number of ether oxygens (including phenoxy) is 2. The molecule has 7 heteroatoms. The first-order chi connectivity index (χ1) is 12.7. The molecule has 3 atom stereocenters. The maximum atomic E-state index is 12.8. The minimum atomic E-state index is -0.336. The Kier molecular flexibility index (Phi) is 5.27. The Morgan fingerprint density at radius 1 is 0.923 bits per heavy atom. The van der Waals surface area contributed by atoms with E-state index in [2.05, 4.69) is 0 Å². The van der Waals surface area contributed by atoms with Crippen LogP contribution in [0, 0.1) is 11.8 Å². The lowest BCUT2D eigenvalue weighted by Crippen LogP contribution is -2.50. The van der Waals surface area contributed by atoms with Gasteiger partial charge in [0.05, 0.1) is 31.1 Å². The molecule has 0 spiro atoms. The van der Waals surface area contributed by atoms with Crippen LogP contribution in [0.5, 0.6) is 0 Å². The average molecular weight is 364 g/mol. The first-order valence-electron chi connectivity index (χ1n) is 10.0. The minimum absolute atomic E-state index is 0.00993. The summed E-state index contributed by atoms with van der Waals surface area (Å²) in [6, 6.07) is -0.0497. The van der Waals surface area contributed by atoms with Crippen molar-refractivity contribution in [2.24, 2.45) is 11.8 Å². The Morgan fingerprint density at radius 3 is 2.19 bits per heavy atom. The van der Waals surface area contributed by atoms with Crippen LogP contribution >= 0.6 is 0 Å². The molecule has 3 aliphatic heterocycles. The molecule has 0 radical (unpaired) electrons. The molecule has 0 unspecified atom stereocenters. The van der Waals surface area contributed by atoms with Gasteiger partial charge >= 0.3 is 0 Å². The van der Waals surface area contributed by atoms with Crippen molar-refractivity contribution in [2.45, 2.75) is 63.7 Å². The van der Waals surface area contributed by atoms with Crippen LogP contribution in [-0.2, 0) is 23.9 Å². The molecule has 3 amide bonds. The summed E-state index contributed by atoms with van der Waals surface area (Å²) in [5.41, 5.74) is 0. The Labute approximate surface area is 154 Å². The smallest absolute Gasteiger partial charge is 0.233 e. The highest BCUT2D eigenvalue weighted by atomic mass is 16.7. The van der Waals surface area contributed by atoms with E-state index in [4.69, 9.17) is 9.47 Å². The van der Waals surface area contributed by atoms with Crippen molar-refractivity contribution in [1.29, 1.82) is 0 Å². The van der Waals surface area contributed by atoms with E-state index in [1.165, 1.54) is 4.90 Å². The fourth-order valence-electron chi connectivity index (χ4n) is 4.95. The molecule has 4 rings (SSSR count). The molecule has 1 saturated carbocycles. The highest BCUT2D eigenvalue weighted by molar-refractivity contribution is 6.05. The second-order valence-corrected chi connectivity index (χ2v) is 7.84. The van der Waals surface area contributed by atoms with Crippen LogP contribution in [0.1, 0.15) is 51.4 Å². The molecule has 26 heavy (non-hydrogen) atoms. The van der Waals surface area contributed by atoms with Gasteiger partial charge < -0.3 is 14.4 Å².